The number of aliphatic hydroxyl groups is 1. The van der Waals surface area contributed by atoms with Gasteiger partial charge in [0.15, 0.2) is 0 Å². The summed E-state index contributed by atoms with van der Waals surface area (Å²) < 4.78 is 0. The normalized spacial score (nSPS) is 50.6. The van der Waals surface area contributed by atoms with Gasteiger partial charge in [0.25, 0.3) is 0 Å². The van der Waals surface area contributed by atoms with E-state index in [1.54, 1.807) is 5.57 Å². The molecule has 1 nitrogen and oxygen atoms in total. The first kappa shape index (κ1) is 7.14. The Labute approximate surface area is 73.5 Å². The third-order valence-electron chi connectivity index (χ3n) is 4.06. The van der Waals surface area contributed by atoms with Gasteiger partial charge in [-0.15, -0.1) is 0 Å². The Morgan fingerprint density at radius 2 is 2.17 bits per heavy atom. The fourth-order valence-corrected chi connectivity index (χ4v) is 3.61. The number of hydrogen-bond donors (Lipinski definition) is 1. The summed E-state index contributed by atoms with van der Waals surface area (Å²) in [6, 6.07) is 0. The molecule has 0 spiro atoms. The number of allylic oxidation sites excluding steroid dienone is 1. The second-order valence-corrected chi connectivity index (χ2v) is 4.70. The molecule has 0 saturated heterocycles. The molecule has 1 heteroatoms. The Kier molecular flexibility index (Phi) is 1.40. The van der Waals surface area contributed by atoms with Gasteiger partial charge in [0, 0.05) is 0 Å². The van der Waals surface area contributed by atoms with Crippen LogP contribution in [0.4, 0.5) is 0 Å². The third-order valence-corrected chi connectivity index (χ3v) is 4.06. The van der Waals surface area contributed by atoms with Gasteiger partial charge >= 0.3 is 0 Å². The highest BCUT2D eigenvalue weighted by atomic mass is 16.3. The van der Waals surface area contributed by atoms with Gasteiger partial charge in [0.05, 0.1) is 6.10 Å². The SMILES string of the molecule is O[C@@H]1C=C2[C@H]3CCC[C@@H](C3)[C@@H]2C1. The largest absolute Gasteiger partial charge is 0.389 e. The van der Waals surface area contributed by atoms with Crippen LogP contribution >= 0.6 is 0 Å². The highest BCUT2D eigenvalue weighted by Gasteiger charge is 2.44. The minimum absolute atomic E-state index is 0.103. The zero-order valence-electron chi connectivity index (χ0n) is 7.37. The maximum absolute atomic E-state index is 9.51. The van der Waals surface area contributed by atoms with E-state index in [4.69, 9.17) is 0 Å². The van der Waals surface area contributed by atoms with E-state index in [0.717, 1.165) is 24.2 Å². The van der Waals surface area contributed by atoms with Crippen LogP contribution in [0.25, 0.3) is 0 Å². The second kappa shape index (κ2) is 2.35. The van der Waals surface area contributed by atoms with Crippen molar-refractivity contribution in [2.24, 2.45) is 17.8 Å². The Bertz CT molecular complexity index is 231. The van der Waals surface area contributed by atoms with E-state index in [0.29, 0.717) is 0 Å². The van der Waals surface area contributed by atoms with Crippen molar-refractivity contribution in [3.63, 3.8) is 0 Å². The lowest BCUT2D eigenvalue weighted by Crippen LogP contribution is -2.12. The van der Waals surface area contributed by atoms with Crippen LogP contribution in [0.15, 0.2) is 11.6 Å². The van der Waals surface area contributed by atoms with Gasteiger partial charge in [-0.3, -0.25) is 0 Å². The monoisotopic (exact) mass is 164 g/mol. The van der Waals surface area contributed by atoms with Crippen LogP contribution in [0, 0.1) is 17.8 Å². The Morgan fingerprint density at radius 3 is 3.08 bits per heavy atom. The molecule has 66 valence electrons. The van der Waals surface area contributed by atoms with E-state index in [9.17, 15) is 5.11 Å². The van der Waals surface area contributed by atoms with Crippen molar-refractivity contribution in [3.8, 4) is 0 Å². The van der Waals surface area contributed by atoms with E-state index in [1.807, 2.05) is 0 Å². The second-order valence-electron chi connectivity index (χ2n) is 4.70. The lowest BCUT2D eigenvalue weighted by Gasteiger charge is -2.20. The fourth-order valence-electron chi connectivity index (χ4n) is 3.61. The van der Waals surface area contributed by atoms with Crippen molar-refractivity contribution in [2.45, 2.75) is 38.2 Å². The predicted octanol–water partition coefficient (Wildman–Crippen LogP) is 2.11. The number of hydrogen-bond acceptors (Lipinski definition) is 1. The van der Waals surface area contributed by atoms with Gasteiger partial charge in [0.2, 0.25) is 0 Å². The lowest BCUT2D eigenvalue weighted by atomic mass is 9.85. The molecule has 0 aromatic rings. The van der Waals surface area contributed by atoms with Crippen LogP contribution in [0.1, 0.15) is 32.1 Å². The Balaban J connectivity index is 1.95. The van der Waals surface area contributed by atoms with E-state index in [-0.39, 0.29) is 6.10 Å². The third kappa shape index (κ3) is 0.832. The molecule has 2 bridgehead atoms. The van der Waals surface area contributed by atoms with Crippen LogP contribution in [-0.4, -0.2) is 11.2 Å². The summed E-state index contributed by atoms with van der Waals surface area (Å²) in [5.41, 5.74) is 1.63. The summed E-state index contributed by atoms with van der Waals surface area (Å²) in [5.74, 6) is 2.59. The number of fused-ring (bicyclic) bond motifs is 5. The van der Waals surface area contributed by atoms with E-state index >= 15 is 0 Å². The van der Waals surface area contributed by atoms with Crippen molar-refractivity contribution >= 4 is 0 Å². The van der Waals surface area contributed by atoms with Gasteiger partial charge in [-0.25, -0.2) is 0 Å². The van der Waals surface area contributed by atoms with Gasteiger partial charge in [-0.1, -0.05) is 18.1 Å². The van der Waals surface area contributed by atoms with E-state index < -0.39 is 0 Å². The smallest absolute Gasteiger partial charge is 0.0729 e. The summed E-state index contributed by atoms with van der Waals surface area (Å²) in [7, 11) is 0. The molecule has 0 unspecified atom stereocenters. The maximum atomic E-state index is 9.51. The number of rotatable bonds is 0. The summed E-state index contributed by atoms with van der Waals surface area (Å²) in [6.07, 6.45) is 8.77. The molecule has 0 heterocycles. The Morgan fingerprint density at radius 1 is 1.25 bits per heavy atom. The molecule has 2 saturated carbocycles. The van der Waals surface area contributed by atoms with Crippen molar-refractivity contribution in [1.29, 1.82) is 0 Å². The van der Waals surface area contributed by atoms with Crippen LogP contribution in [0.5, 0.6) is 0 Å². The van der Waals surface area contributed by atoms with Crippen molar-refractivity contribution in [2.75, 3.05) is 0 Å². The van der Waals surface area contributed by atoms with Gasteiger partial charge < -0.3 is 5.11 Å². The molecular weight excluding hydrogens is 148 g/mol. The fraction of sp³-hybridized carbons (Fsp3) is 0.818. The first-order chi connectivity index (χ1) is 5.84. The van der Waals surface area contributed by atoms with Gasteiger partial charge in [-0.05, 0) is 43.4 Å². The summed E-state index contributed by atoms with van der Waals surface area (Å²) >= 11 is 0. The molecule has 1 N–H and O–H groups in total. The molecule has 0 radical (unpaired) electrons. The molecule has 0 aliphatic heterocycles. The summed E-state index contributed by atoms with van der Waals surface area (Å²) in [6.45, 7) is 0. The van der Waals surface area contributed by atoms with Crippen LogP contribution in [0.2, 0.25) is 0 Å². The average molecular weight is 164 g/mol. The zero-order valence-corrected chi connectivity index (χ0v) is 7.37. The Hall–Kier alpha value is -0.300. The van der Waals surface area contributed by atoms with Gasteiger partial charge in [0.1, 0.15) is 0 Å². The highest BCUT2D eigenvalue weighted by molar-refractivity contribution is 5.26. The van der Waals surface area contributed by atoms with E-state index in [1.165, 1.54) is 25.7 Å². The molecule has 3 aliphatic carbocycles. The summed E-state index contributed by atoms with van der Waals surface area (Å²) in [4.78, 5) is 0. The van der Waals surface area contributed by atoms with Crippen LogP contribution < -0.4 is 0 Å². The van der Waals surface area contributed by atoms with Crippen LogP contribution in [-0.2, 0) is 0 Å². The van der Waals surface area contributed by atoms with Crippen molar-refractivity contribution in [3.05, 3.63) is 11.6 Å². The first-order valence-electron chi connectivity index (χ1n) is 5.24. The van der Waals surface area contributed by atoms with E-state index in [2.05, 4.69) is 6.08 Å². The highest BCUT2D eigenvalue weighted by Crippen LogP contribution is 2.53. The number of aliphatic hydroxyl groups excluding tert-OH is 1. The molecule has 0 amide bonds. The molecule has 0 aromatic carbocycles. The minimum Gasteiger partial charge on any atom is -0.389 e. The molecule has 12 heavy (non-hydrogen) atoms. The van der Waals surface area contributed by atoms with Crippen molar-refractivity contribution in [1.82, 2.24) is 0 Å². The van der Waals surface area contributed by atoms with Gasteiger partial charge in [-0.2, -0.15) is 0 Å². The topological polar surface area (TPSA) is 20.2 Å². The first-order valence-corrected chi connectivity index (χ1v) is 5.24. The molecule has 0 aromatic heterocycles. The average Bonchev–Trinajstić information content (AvgIpc) is 2.55. The van der Waals surface area contributed by atoms with Crippen molar-refractivity contribution < 1.29 is 5.11 Å². The lowest BCUT2D eigenvalue weighted by molar-refractivity contribution is 0.190. The predicted molar refractivity (Wildman–Crippen MR) is 47.6 cm³/mol. The molecule has 3 rings (SSSR count). The molecule has 3 aliphatic rings. The molecule has 4 atom stereocenters. The summed E-state index contributed by atoms with van der Waals surface area (Å²) in [5, 5.41) is 9.51. The zero-order chi connectivity index (χ0) is 8.13. The standard InChI is InChI=1S/C11H16O/c12-9-5-10-7-2-1-3-8(4-7)11(10)6-9/h5,7-9,11-12H,1-4,6H2/t7-,8-,9+,11-/m0/s1. The molecular formula is C11H16O. The molecule has 2 fully saturated rings. The van der Waals surface area contributed by atoms with Crippen LogP contribution in [0.3, 0.4) is 0 Å². The maximum Gasteiger partial charge on any atom is 0.0729 e. The minimum atomic E-state index is -0.103. The quantitative estimate of drug-likeness (QED) is 0.544.